The summed E-state index contributed by atoms with van der Waals surface area (Å²) in [6.07, 6.45) is 7.09. The number of nitrogens with one attached hydrogen (secondary N) is 1. The monoisotopic (exact) mass is 324 g/mol. The summed E-state index contributed by atoms with van der Waals surface area (Å²) in [5.74, 6) is -0.195. The van der Waals surface area contributed by atoms with E-state index in [9.17, 15) is 4.79 Å². The van der Waals surface area contributed by atoms with Crippen molar-refractivity contribution in [3.8, 4) is 0 Å². The van der Waals surface area contributed by atoms with Gasteiger partial charge in [0.05, 0.1) is 11.9 Å². The Hall–Kier alpha value is -2.27. The summed E-state index contributed by atoms with van der Waals surface area (Å²) in [7, 11) is 0. The highest BCUT2D eigenvalue weighted by molar-refractivity contribution is 5.91. The second-order valence-corrected chi connectivity index (χ2v) is 6.38. The third-order valence-corrected chi connectivity index (χ3v) is 4.34. The summed E-state index contributed by atoms with van der Waals surface area (Å²) in [5.41, 5.74) is 3.57. The van der Waals surface area contributed by atoms with E-state index in [1.54, 1.807) is 6.20 Å². The number of likely N-dealkylation sites (tertiary alicyclic amines) is 1. The Balaban J connectivity index is 1.50. The molecule has 5 heteroatoms. The molecule has 1 N–H and O–H groups in total. The van der Waals surface area contributed by atoms with Crippen LogP contribution in [0.25, 0.3) is 0 Å². The van der Waals surface area contributed by atoms with Gasteiger partial charge in [-0.1, -0.05) is 30.7 Å². The van der Waals surface area contributed by atoms with Crippen LogP contribution >= 0.6 is 0 Å². The van der Waals surface area contributed by atoms with Crippen molar-refractivity contribution >= 4 is 5.91 Å². The highest BCUT2D eigenvalue weighted by Gasteiger charge is 2.10. The SMILES string of the molecule is Cc1cnc(C(=O)NCc2ccc(CN3CCCCC3)cc2)cn1. The van der Waals surface area contributed by atoms with Gasteiger partial charge in [0.2, 0.25) is 0 Å². The van der Waals surface area contributed by atoms with E-state index in [1.165, 1.54) is 44.1 Å². The van der Waals surface area contributed by atoms with Crippen LogP contribution < -0.4 is 5.32 Å². The Morgan fingerprint density at radius 1 is 1.04 bits per heavy atom. The number of nitrogens with zero attached hydrogens (tertiary/aromatic N) is 3. The number of rotatable bonds is 5. The van der Waals surface area contributed by atoms with Crippen LogP contribution in [-0.4, -0.2) is 33.9 Å². The maximum absolute atomic E-state index is 12.0. The van der Waals surface area contributed by atoms with E-state index in [-0.39, 0.29) is 5.91 Å². The minimum Gasteiger partial charge on any atom is -0.347 e. The highest BCUT2D eigenvalue weighted by atomic mass is 16.1. The zero-order valence-corrected chi connectivity index (χ0v) is 14.2. The fraction of sp³-hybridized carbons (Fsp3) is 0.421. The molecule has 1 amide bonds. The molecule has 5 nitrogen and oxygen atoms in total. The van der Waals surface area contributed by atoms with Gasteiger partial charge >= 0.3 is 0 Å². The van der Waals surface area contributed by atoms with Gasteiger partial charge in [-0.05, 0) is 44.0 Å². The van der Waals surface area contributed by atoms with Crippen LogP contribution in [0.2, 0.25) is 0 Å². The van der Waals surface area contributed by atoms with Crippen LogP contribution in [0.1, 0.15) is 46.6 Å². The largest absolute Gasteiger partial charge is 0.347 e. The highest BCUT2D eigenvalue weighted by Crippen LogP contribution is 2.13. The standard InChI is InChI=1S/C19H24N4O/c1-15-11-21-18(13-20-15)19(24)22-12-16-5-7-17(8-6-16)14-23-9-3-2-4-10-23/h5-8,11,13H,2-4,9-10,12,14H2,1H3,(H,22,24). The van der Waals surface area contributed by atoms with E-state index in [0.717, 1.165) is 17.8 Å². The lowest BCUT2D eigenvalue weighted by atomic mass is 10.1. The van der Waals surface area contributed by atoms with Crippen molar-refractivity contribution in [2.75, 3.05) is 13.1 Å². The molecule has 2 aromatic rings. The zero-order valence-electron chi connectivity index (χ0n) is 14.2. The quantitative estimate of drug-likeness (QED) is 0.919. The molecule has 1 aliphatic heterocycles. The van der Waals surface area contributed by atoms with Gasteiger partial charge in [0.15, 0.2) is 0 Å². The first-order chi connectivity index (χ1) is 11.7. The van der Waals surface area contributed by atoms with Crippen molar-refractivity contribution in [1.29, 1.82) is 0 Å². The van der Waals surface area contributed by atoms with Crippen LogP contribution in [0.4, 0.5) is 0 Å². The third kappa shape index (κ3) is 4.61. The molecule has 1 aromatic heterocycles. The van der Waals surface area contributed by atoms with Gasteiger partial charge in [0.1, 0.15) is 5.69 Å². The fourth-order valence-electron chi connectivity index (χ4n) is 2.92. The molecule has 0 saturated carbocycles. The molecule has 0 radical (unpaired) electrons. The van der Waals surface area contributed by atoms with Crippen molar-refractivity contribution in [1.82, 2.24) is 20.2 Å². The molecule has 1 fully saturated rings. The van der Waals surface area contributed by atoms with Gasteiger partial charge in [-0.2, -0.15) is 0 Å². The van der Waals surface area contributed by atoms with Gasteiger partial charge in [0.25, 0.3) is 5.91 Å². The number of aromatic nitrogens is 2. The molecule has 0 atom stereocenters. The summed E-state index contributed by atoms with van der Waals surface area (Å²) < 4.78 is 0. The average Bonchev–Trinajstić information content (AvgIpc) is 2.62. The number of amides is 1. The van der Waals surface area contributed by atoms with E-state index in [4.69, 9.17) is 0 Å². The van der Waals surface area contributed by atoms with E-state index in [0.29, 0.717) is 12.2 Å². The van der Waals surface area contributed by atoms with Crippen molar-refractivity contribution in [2.45, 2.75) is 39.3 Å². The van der Waals surface area contributed by atoms with Crippen molar-refractivity contribution in [2.24, 2.45) is 0 Å². The summed E-state index contributed by atoms with van der Waals surface area (Å²) in [6.45, 7) is 5.77. The van der Waals surface area contributed by atoms with Crippen molar-refractivity contribution in [3.63, 3.8) is 0 Å². The number of carbonyl (C=O) groups is 1. The van der Waals surface area contributed by atoms with E-state index < -0.39 is 0 Å². The lowest BCUT2D eigenvalue weighted by molar-refractivity contribution is 0.0945. The first-order valence-corrected chi connectivity index (χ1v) is 8.58. The second-order valence-electron chi connectivity index (χ2n) is 6.38. The summed E-state index contributed by atoms with van der Waals surface area (Å²) in [5, 5.41) is 2.88. The van der Waals surface area contributed by atoms with Crippen molar-refractivity contribution in [3.05, 3.63) is 59.2 Å². The van der Waals surface area contributed by atoms with Crippen LogP contribution in [0.15, 0.2) is 36.7 Å². The van der Waals surface area contributed by atoms with Gasteiger partial charge in [-0.3, -0.25) is 14.7 Å². The number of aryl methyl sites for hydroxylation is 1. The fourth-order valence-corrected chi connectivity index (χ4v) is 2.92. The van der Waals surface area contributed by atoms with Crippen LogP contribution in [0, 0.1) is 6.92 Å². The summed E-state index contributed by atoms with van der Waals surface area (Å²) in [6, 6.07) is 8.48. The first-order valence-electron chi connectivity index (χ1n) is 8.58. The number of hydrogen-bond acceptors (Lipinski definition) is 4. The van der Waals surface area contributed by atoms with E-state index >= 15 is 0 Å². The second kappa shape index (κ2) is 8.02. The van der Waals surface area contributed by atoms with E-state index in [1.807, 2.05) is 6.92 Å². The first kappa shape index (κ1) is 16.6. The minimum absolute atomic E-state index is 0.195. The van der Waals surface area contributed by atoms with Crippen LogP contribution in [-0.2, 0) is 13.1 Å². The number of piperidine rings is 1. The molecule has 0 spiro atoms. The van der Waals surface area contributed by atoms with Crippen LogP contribution in [0.3, 0.4) is 0 Å². The molecule has 24 heavy (non-hydrogen) atoms. The van der Waals surface area contributed by atoms with Gasteiger partial charge in [-0.25, -0.2) is 4.98 Å². The lowest BCUT2D eigenvalue weighted by Gasteiger charge is -2.26. The molecule has 0 unspecified atom stereocenters. The predicted octanol–water partition coefficient (Wildman–Crippen LogP) is 2.70. The zero-order chi connectivity index (χ0) is 16.8. The molecule has 0 bridgehead atoms. The average molecular weight is 324 g/mol. The minimum atomic E-state index is -0.195. The lowest BCUT2D eigenvalue weighted by Crippen LogP contribution is -2.29. The van der Waals surface area contributed by atoms with Gasteiger partial charge in [0, 0.05) is 19.3 Å². The molecule has 0 aliphatic carbocycles. The number of benzene rings is 1. The van der Waals surface area contributed by atoms with Crippen LogP contribution in [0.5, 0.6) is 0 Å². The Labute approximate surface area is 143 Å². The van der Waals surface area contributed by atoms with Crippen molar-refractivity contribution < 1.29 is 4.79 Å². The molecule has 3 rings (SSSR count). The maximum atomic E-state index is 12.0. The molecule has 1 aromatic carbocycles. The van der Waals surface area contributed by atoms with Gasteiger partial charge < -0.3 is 5.32 Å². The predicted molar refractivity (Wildman–Crippen MR) is 93.5 cm³/mol. The Kier molecular flexibility index (Phi) is 5.54. The Bertz CT molecular complexity index is 661. The number of carbonyl (C=O) groups excluding carboxylic acids is 1. The summed E-state index contributed by atoms with van der Waals surface area (Å²) >= 11 is 0. The van der Waals surface area contributed by atoms with E-state index in [2.05, 4.69) is 44.5 Å². The Morgan fingerprint density at radius 3 is 2.42 bits per heavy atom. The third-order valence-electron chi connectivity index (χ3n) is 4.34. The Morgan fingerprint density at radius 2 is 1.75 bits per heavy atom. The molecular weight excluding hydrogens is 300 g/mol. The maximum Gasteiger partial charge on any atom is 0.271 e. The smallest absolute Gasteiger partial charge is 0.271 e. The molecule has 126 valence electrons. The summed E-state index contributed by atoms with van der Waals surface area (Å²) in [4.78, 5) is 22.7. The number of hydrogen-bond donors (Lipinski definition) is 1. The molecule has 2 heterocycles. The molecule has 1 aliphatic rings. The topological polar surface area (TPSA) is 58.1 Å². The normalized spacial score (nSPS) is 15.2. The molecular formula is C19H24N4O. The van der Waals surface area contributed by atoms with Gasteiger partial charge in [-0.15, -0.1) is 0 Å². The molecule has 1 saturated heterocycles.